The van der Waals surface area contributed by atoms with Gasteiger partial charge in [0.15, 0.2) is 0 Å². The second-order valence-electron chi connectivity index (χ2n) is 4.45. The van der Waals surface area contributed by atoms with Crippen molar-refractivity contribution in [1.82, 2.24) is 9.80 Å². The minimum atomic E-state index is -1.90. The fourth-order valence-electron chi connectivity index (χ4n) is 1.92. The number of piperidine rings is 1. The molecule has 0 spiro atoms. The number of carbonyl (C=O) groups is 1. The van der Waals surface area contributed by atoms with Crippen molar-refractivity contribution in [2.24, 2.45) is 5.73 Å². The fraction of sp³-hybridized carbons (Fsp3) is 0.500. The Bertz CT molecular complexity index is 586. The number of primary amides is 1. The van der Waals surface area contributed by atoms with Crippen LogP contribution >= 0.6 is 0 Å². The summed E-state index contributed by atoms with van der Waals surface area (Å²) in [6.07, 6.45) is -0.330. The van der Waals surface area contributed by atoms with Gasteiger partial charge in [0.05, 0.1) is 1.37 Å². The van der Waals surface area contributed by atoms with E-state index in [4.69, 9.17) is 11.2 Å². The normalized spacial score (nSPS) is 33.7. The molecule has 0 bridgehead atoms. The van der Waals surface area contributed by atoms with Crippen LogP contribution in [-0.4, -0.2) is 41.9 Å². The first-order valence-electron chi connectivity index (χ1n) is 8.10. The Morgan fingerprint density at radius 2 is 2.26 bits per heavy atom. The van der Waals surface area contributed by atoms with E-state index in [2.05, 4.69) is 0 Å². The third-order valence-electron chi connectivity index (χ3n) is 3.03. The molecule has 2 rings (SSSR count). The van der Waals surface area contributed by atoms with Crippen molar-refractivity contribution in [1.29, 1.82) is 0 Å². The van der Waals surface area contributed by atoms with Gasteiger partial charge in [-0.05, 0) is 50.6 Å². The molecule has 1 aliphatic rings. The first kappa shape index (κ1) is 9.31. The Hall–Kier alpha value is -1.62. The zero-order valence-corrected chi connectivity index (χ0v) is 10.8. The maximum absolute atomic E-state index is 13.0. The number of rotatable bonds is 3. The van der Waals surface area contributed by atoms with Crippen LogP contribution in [0.1, 0.15) is 23.9 Å². The zero-order valence-electron chi connectivity index (χ0n) is 14.8. The molecule has 2 atom stereocenters. The molecule has 0 aliphatic carbocycles. The van der Waals surface area contributed by atoms with Crippen LogP contribution in [0.5, 0.6) is 0 Å². The van der Waals surface area contributed by atoms with Crippen molar-refractivity contribution in [2.75, 3.05) is 20.1 Å². The second kappa shape index (κ2) is 6.02. The molecule has 0 aromatic heterocycles. The SMILES string of the molecule is [2H]C1CC([2H])(N(Cc2ccc(F)cc2)C(N)=O)CC([2H])([2H])N1C. The summed E-state index contributed by atoms with van der Waals surface area (Å²) >= 11 is 0. The van der Waals surface area contributed by atoms with Crippen molar-refractivity contribution in [3.8, 4) is 0 Å². The highest BCUT2D eigenvalue weighted by Gasteiger charge is 2.25. The Morgan fingerprint density at radius 1 is 1.58 bits per heavy atom. The van der Waals surface area contributed by atoms with Gasteiger partial charge in [-0.3, -0.25) is 0 Å². The van der Waals surface area contributed by atoms with Gasteiger partial charge in [0.1, 0.15) is 5.82 Å². The molecule has 4 nitrogen and oxygen atoms in total. The van der Waals surface area contributed by atoms with Gasteiger partial charge in [-0.1, -0.05) is 12.1 Å². The number of likely N-dealkylation sites (tertiary alicyclic amines) is 1. The lowest BCUT2D eigenvalue weighted by Crippen LogP contribution is -2.48. The molecule has 2 unspecified atom stereocenters. The Balaban J connectivity index is 2.29. The van der Waals surface area contributed by atoms with Crippen LogP contribution in [-0.2, 0) is 6.54 Å². The molecule has 2 N–H and O–H groups in total. The van der Waals surface area contributed by atoms with Crippen LogP contribution in [0.3, 0.4) is 0 Å². The molecule has 1 aliphatic heterocycles. The highest BCUT2D eigenvalue weighted by Crippen LogP contribution is 2.18. The summed E-state index contributed by atoms with van der Waals surface area (Å²) in [5.41, 5.74) is 5.98. The number of nitrogens with two attached hydrogens (primary N) is 1. The van der Waals surface area contributed by atoms with Crippen LogP contribution in [0.2, 0.25) is 0 Å². The summed E-state index contributed by atoms with van der Waals surface area (Å²) in [4.78, 5) is 14.1. The summed E-state index contributed by atoms with van der Waals surface area (Å²) in [6, 6.07) is 2.95. The van der Waals surface area contributed by atoms with Crippen LogP contribution in [0.25, 0.3) is 0 Å². The quantitative estimate of drug-likeness (QED) is 0.909. The number of urea groups is 1. The highest BCUT2D eigenvalue weighted by molar-refractivity contribution is 5.72. The largest absolute Gasteiger partial charge is 0.351 e. The van der Waals surface area contributed by atoms with E-state index in [0.29, 0.717) is 5.56 Å². The van der Waals surface area contributed by atoms with Crippen molar-refractivity contribution < 1.29 is 14.7 Å². The van der Waals surface area contributed by atoms with Crippen LogP contribution in [0, 0.1) is 5.82 Å². The fourth-order valence-corrected chi connectivity index (χ4v) is 1.92. The molecule has 19 heavy (non-hydrogen) atoms. The summed E-state index contributed by atoms with van der Waals surface area (Å²) < 4.78 is 45.5. The third kappa shape index (κ3) is 3.67. The molecule has 1 fully saturated rings. The number of hydrogen-bond acceptors (Lipinski definition) is 2. The smallest absolute Gasteiger partial charge is 0.315 e. The van der Waals surface area contributed by atoms with E-state index in [0.717, 1.165) is 4.90 Å². The Kier molecular flexibility index (Phi) is 2.95. The lowest BCUT2D eigenvalue weighted by molar-refractivity contribution is 0.133. The van der Waals surface area contributed by atoms with E-state index < -0.39 is 30.9 Å². The lowest BCUT2D eigenvalue weighted by atomic mass is 10.0. The van der Waals surface area contributed by atoms with Gasteiger partial charge in [-0.15, -0.1) is 0 Å². The van der Waals surface area contributed by atoms with E-state index in [1.54, 1.807) is 0 Å². The summed E-state index contributed by atoms with van der Waals surface area (Å²) in [7, 11) is 1.48. The molecule has 5 heteroatoms. The van der Waals surface area contributed by atoms with Gasteiger partial charge in [-0.25, -0.2) is 9.18 Å². The standard InChI is InChI=1S/C14H20FN3O/c1-17-8-6-13(7-9-17)18(14(16)19)10-11-2-4-12(15)5-3-11/h2-5,13H,6-10H2,1H3,(H2,16,19)/i8D,9D2,13D. The Morgan fingerprint density at radius 3 is 2.84 bits per heavy atom. The molecular formula is C14H20FN3O. The number of carbonyl (C=O) groups excluding carboxylic acids is 1. The maximum Gasteiger partial charge on any atom is 0.315 e. The molecule has 0 radical (unpaired) electrons. The van der Waals surface area contributed by atoms with Crippen LogP contribution in [0.15, 0.2) is 24.3 Å². The van der Waals surface area contributed by atoms with Crippen molar-refractivity contribution in [3.63, 3.8) is 0 Å². The van der Waals surface area contributed by atoms with Gasteiger partial charge < -0.3 is 15.5 Å². The third-order valence-corrected chi connectivity index (χ3v) is 3.03. The predicted molar refractivity (Wildman–Crippen MR) is 72.0 cm³/mol. The molecule has 104 valence electrons. The van der Waals surface area contributed by atoms with E-state index in [-0.39, 0.29) is 19.4 Å². The van der Waals surface area contributed by atoms with Crippen molar-refractivity contribution >= 4 is 6.03 Å². The topological polar surface area (TPSA) is 49.6 Å². The summed E-state index contributed by atoms with van der Waals surface area (Å²) in [5.74, 6) is -0.415. The molecule has 0 saturated carbocycles. The van der Waals surface area contributed by atoms with E-state index in [1.165, 1.54) is 36.2 Å². The van der Waals surface area contributed by atoms with Crippen LogP contribution < -0.4 is 5.73 Å². The van der Waals surface area contributed by atoms with Gasteiger partial charge in [0.2, 0.25) is 0 Å². The minimum Gasteiger partial charge on any atom is -0.351 e. The zero-order chi connectivity index (χ0) is 17.4. The number of benzene rings is 1. The monoisotopic (exact) mass is 269 g/mol. The lowest BCUT2D eigenvalue weighted by Gasteiger charge is -2.36. The summed E-state index contributed by atoms with van der Waals surface area (Å²) in [6.45, 7) is -2.90. The average Bonchev–Trinajstić information content (AvgIpc) is 2.43. The molecular weight excluding hydrogens is 245 g/mol. The van der Waals surface area contributed by atoms with Crippen molar-refractivity contribution in [2.45, 2.75) is 25.4 Å². The van der Waals surface area contributed by atoms with Gasteiger partial charge >= 0.3 is 6.03 Å². The highest BCUT2D eigenvalue weighted by atomic mass is 19.1. The Labute approximate surface area is 118 Å². The number of halogens is 1. The predicted octanol–water partition coefficient (Wildman–Crippen LogP) is 1.80. The molecule has 1 aromatic carbocycles. The maximum atomic E-state index is 13.0. The molecule has 2 amide bonds. The number of amides is 2. The number of hydrogen-bond donors (Lipinski definition) is 1. The van der Waals surface area contributed by atoms with Crippen molar-refractivity contribution in [3.05, 3.63) is 35.6 Å². The molecule has 1 saturated heterocycles. The molecule has 1 aromatic rings. The van der Waals surface area contributed by atoms with E-state index in [9.17, 15) is 9.18 Å². The number of nitrogens with zero attached hydrogens (tertiary/aromatic N) is 2. The first-order valence-corrected chi connectivity index (χ1v) is 6.02. The van der Waals surface area contributed by atoms with Gasteiger partial charge in [-0.2, -0.15) is 0 Å². The minimum absolute atomic E-state index is 0.0361. The average molecular weight is 269 g/mol. The first-order chi connectivity index (χ1) is 10.5. The van der Waals surface area contributed by atoms with Crippen LogP contribution in [0.4, 0.5) is 9.18 Å². The van der Waals surface area contributed by atoms with Gasteiger partial charge in [0, 0.05) is 16.7 Å². The summed E-state index contributed by atoms with van der Waals surface area (Å²) in [5, 5.41) is 0. The van der Waals surface area contributed by atoms with E-state index >= 15 is 0 Å². The van der Waals surface area contributed by atoms with E-state index in [1.807, 2.05) is 0 Å². The molecule has 1 heterocycles. The second-order valence-corrected chi connectivity index (χ2v) is 4.45. The van der Waals surface area contributed by atoms with Gasteiger partial charge in [0.25, 0.3) is 0 Å².